The SMILES string of the molecule is COc1cc(NC(=O)COC(=O)c2cc(F)cc(F)c2)c(C)cc1[N+](=O)[O-]. The van der Waals surface area contributed by atoms with Crippen LogP contribution in [0.2, 0.25) is 0 Å². The molecule has 0 fully saturated rings. The van der Waals surface area contributed by atoms with Crippen LogP contribution in [0.3, 0.4) is 0 Å². The van der Waals surface area contributed by atoms with Gasteiger partial charge in [-0.3, -0.25) is 14.9 Å². The maximum absolute atomic E-state index is 13.1. The Labute approximate surface area is 151 Å². The van der Waals surface area contributed by atoms with Gasteiger partial charge in [0.2, 0.25) is 0 Å². The lowest BCUT2D eigenvalue weighted by atomic mass is 10.1. The van der Waals surface area contributed by atoms with Crippen LogP contribution in [0.4, 0.5) is 20.2 Å². The normalized spacial score (nSPS) is 10.2. The number of nitro benzene ring substituents is 1. The van der Waals surface area contributed by atoms with Gasteiger partial charge in [0, 0.05) is 23.9 Å². The van der Waals surface area contributed by atoms with Crippen LogP contribution in [-0.2, 0) is 9.53 Å². The Bertz CT molecular complexity index is 896. The number of nitro groups is 1. The average molecular weight is 380 g/mol. The fraction of sp³-hybridized carbons (Fsp3) is 0.176. The second kappa shape index (κ2) is 8.21. The molecule has 0 aliphatic heterocycles. The van der Waals surface area contributed by atoms with Gasteiger partial charge in [0.1, 0.15) is 11.6 Å². The number of halogens is 2. The fourth-order valence-corrected chi connectivity index (χ4v) is 2.19. The molecule has 0 radical (unpaired) electrons. The second-order valence-corrected chi connectivity index (χ2v) is 5.38. The molecule has 2 aromatic rings. The van der Waals surface area contributed by atoms with Crippen LogP contribution >= 0.6 is 0 Å². The van der Waals surface area contributed by atoms with Crippen LogP contribution in [0, 0.1) is 28.7 Å². The molecule has 2 aromatic carbocycles. The Morgan fingerprint density at radius 1 is 1.15 bits per heavy atom. The zero-order valence-electron chi connectivity index (χ0n) is 14.2. The van der Waals surface area contributed by atoms with E-state index in [9.17, 15) is 28.5 Å². The van der Waals surface area contributed by atoms with E-state index in [1.54, 1.807) is 0 Å². The summed E-state index contributed by atoms with van der Waals surface area (Å²) in [6.45, 7) is 0.805. The Morgan fingerprint density at radius 3 is 2.33 bits per heavy atom. The summed E-state index contributed by atoms with van der Waals surface area (Å²) in [6.07, 6.45) is 0. The van der Waals surface area contributed by atoms with E-state index in [1.165, 1.54) is 26.2 Å². The van der Waals surface area contributed by atoms with Gasteiger partial charge in [0.05, 0.1) is 17.6 Å². The van der Waals surface area contributed by atoms with E-state index < -0.39 is 35.0 Å². The summed E-state index contributed by atoms with van der Waals surface area (Å²) in [5.41, 5.74) is -0.0503. The lowest BCUT2D eigenvalue weighted by Crippen LogP contribution is -2.21. The Hall–Kier alpha value is -3.56. The van der Waals surface area contributed by atoms with Crippen LogP contribution < -0.4 is 10.1 Å². The van der Waals surface area contributed by atoms with Gasteiger partial charge in [0.15, 0.2) is 12.4 Å². The van der Waals surface area contributed by atoms with E-state index >= 15 is 0 Å². The number of carbonyl (C=O) groups is 2. The van der Waals surface area contributed by atoms with E-state index in [4.69, 9.17) is 9.47 Å². The molecule has 0 bridgehead atoms. The molecule has 27 heavy (non-hydrogen) atoms. The van der Waals surface area contributed by atoms with Crippen LogP contribution in [-0.4, -0.2) is 30.5 Å². The van der Waals surface area contributed by atoms with Crippen LogP contribution in [0.1, 0.15) is 15.9 Å². The molecule has 142 valence electrons. The number of nitrogens with one attached hydrogen (secondary N) is 1. The van der Waals surface area contributed by atoms with Crippen molar-refractivity contribution in [2.45, 2.75) is 6.92 Å². The zero-order valence-corrected chi connectivity index (χ0v) is 14.2. The molecular weight excluding hydrogens is 366 g/mol. The fourth-order valence-electron chi connectivity index (χ4n) is 2.19. The minimum Gasteiger partial charge on any atom is -0.490 e. The van der Waals surface area contributed by atoms with Crippen molar-refractivity contribution < 1.29 is 32.8 Å². The van der Waals surface area contributed by atoms with E-state index in [2.05, 4.69) is 5.32 Å². The number of aryl methyl sites for hydroxylation is 1. The zero-order chi connectivity index (χ0) is 20.1. The van der Waals surface area contributed by atoms with Crippen LogP contribution in [0.15, 0.2) is 30.3 Å². The Balaban J connectivity index is 2.05. The molecule has 1 amide bonds. The summed E-state index contributed by atoms with van der Waals surface area (Å²) in [5, 5.41) is 13.4. The summed E-state index contributed by atoms with van der Waals surface area (Å²) in [6, 6.07) is 4.61. The molecular formula is C17H14F2N2O6. The van der Waals surface area contributed by atoms with E-state index in [1.807, 2.05) is 0 Å². The van der Waals surface area contributed by atoms with Gasteiger partial charge in [-0.05, 0) is 24.6 Å². The predicted octanol–water partition coefficient (Wildman–Crippen LogP) is 2.99. The summed E-state index contributed by atoms with van der Waals surface area (Å²) in [4.78, 5) is 34.0. The standard InChI is InChI=1S/C17H14F2N2O6/c1-9-3-14(21(24)25)15(26-2)7-13(9)20-16(22)8-27-17(23)10-4-11(18)6-12(19)5-10/h3-7H,8H2,1-2H3,(H,20,22). The number of carbonyl (C=O) groups excluding carboxylic acids is 2. The summed E-state index contributed by atoms with van der Waals surface area (Å²) in [7, 11) is 1.24. The quantitative estimate of drug-likeness (QED) is 0.469. The number of ether oxygens (including phenoxy) is 2. The second-order valence-electron chi connectivity index (χ2n) is 5.38. The molecule has 0 aliphatic carbocycles. The van der Waals surface area contributed by atoms with E-state index in [0.29, 0.717) is 11.6 Å². The first-order valence-electron chi connectivity index (χ1n) is 7.47. The number of hydrogen-bond donors (Lipinski definition) is 1. The van der Waals surface area contributed by atoms with Crippen molar-refractivity contribution in [1.82, 2.24) is 0 Å². The monoisotopic (exact) mass is 380 g/mol. The average Bonchev–Trinajstić information content (AvgIpc) is 2.60. The number of rotatable bonds is 6. The molecule has 0 aliphatic rings. The van der Waals surface area contributed by atoms with Crippen molar-refractivity contribution in [1.29, 1.82) is 0 Å². The first-order valence-corrected chi connectivity index (χ1v) is 7.47. The lowest BCUT2D eigenvalue weighted by molar-refractivity contribution is -0.385. The lowest BCUT2D eigenvalue weighted by Gasteiger charge is -2.11. The number of nitrogens with zero attached hydrogens (tertiary/aromatic N) is 1. The molecule has 1 N–H and O–H groups in total. The van der Waals surface area contributed by atoms with Gasteiger partial charge in [-0.2, -0.15) is 0 Å². The number of hydrogen-bond acceptors (Lipinski definition) is 6. The smallest absolute Gasteiger partial charge is 0.338 e. The van der Waals surface area contributed by atoms with Crippen molar-refractivity contribution >= 4 is 23.3 Å². The molecule has 0 spiro atoms. The highest BCUT2D eigenvalue weighted by Crippen LogP contribution is 2.32. The highest BCUT2D eigenvalue weighted by Gasteiger charge is 2.19. The number of amides is 1. The summed E-state index contributed by atoms with van der Waals surface area (Å²) in [5.74, 6) is -3.81. The highest BCUT2D eigenvalue weighted by molar-refractivity contribution is 5.96. The van der Waals surface area contributed by atoms with Gasteiger partial charge in [-0.25, -0.2) is 13.6 Å². The van der Waals surface area contributed by atoms with Crippen LogP contribution in [0.5, 0.6) is 5.75 Å². The number of esters is 1. The third kappa shape index (κ3) is 4.97. The minimum absolute atomic E-state index is 0.0619. The molecule has 10 heteroatoms. The van der Waals surface area contributed by atoms with Crippen molar-refractivity contribution in [3.63, 3.8) is 0 Å². The molecule has 0 heterocycles. The maximum atomic E-state index is 13.1. The maximum Gasteiger partial charge on any atom is 0.338 e. The number of methoxy groups -OCH3 is 1. The molecule has 0 saturated carbocycles. The first kappa shape index (κ1) is 19.8. The van der Waals surface area contributed by atoms with Crippen molar-refractivity contribution in [2.75, 3.05) is 19.0 Å². The third-order valence-corrected chi connectivity index (χ3v) is 3.43. The molecule has 0 unspecified atom stereocenters. The number of benzene rings is 2. The van der Waals surface area contributed by atoms with Gasteiger partial charge in [-0.15, -0.1) is 0 Å². The van der Waals surface area contributed by atoms with E-state index in [0.717, 1.165) is 12.1 Å². The molecule has 8 nitrogen and oxygen atoms in total. The van der Waals surface area contributed by atoms with Gasteiger partial charge in [-0.1, -0.05) is 0 Å². The van der Waals surface area contributed by atoms with Gasteiger partial charge >= 0.3 is 11.7 Å². The molecule has 2 rings (SSSR count). The van der Waals surface area contributed by atoms with Gasteiger partial charge in [0.25, 0.3) is 5.91 Å². The topological polar surface area (TPSA) is 108 Å². The van der Waals surface area contributed by atoms with E-state index in [-0.39, 0.29) is 22.7 Å². The van der Waals surface area contributed by atoms with Crippen LogP contribution in [0.25, 0.3) is 0 Å². The van der Waals surface area contributed by atoms with Crippen molar-refractivity contribution in [3.8, 4) is 5.75 Å². The number of anilines is 1. The van der Waals surface area contributed by atoms with Gasteiger partial charge < -0.3 is 14.8 Å². The minimum atomic E-state index is -1.08. The third-order valence-electron chi connectivity index (χ3n) is 3.43. The predicted molar refractivity (Wildman–Crippen MR) is 89.7 cm³/mol. The van der Waals surface area contributed by atoms with Crippen molar-refractivity contribution in [3.05, 3.63) is 63.2 Å². The summed E-state index contributed by atoms with van der Waals surface area (Å²) < 4.78 is 35.8. The molecule has 0 aromatic heterocycles. The molecule has 0 atom stereocenters. The Morgan fingerprint density at radius 2 is 1.78 bits per heavy atom. The largest absolute Gasteiger partial charge is 0.490 e. The Kier molecular flexibility index (Phi) is 6.01. The molecule has 0 saturated heterocycles. The summed E-state index contributed by atoms with van der Waals surface area (Å²) >= 11 is 0. The van der Waals surface area contributed by atoms with Crippen molar-refractivity contribution in [2.24, 2.45) is 0 Å². The first-order chi connectivity index (χ1) is 12.7. The highest BCUT2D eigenvalue weighted by atomic mass is 19.1.